The molecule has 0 spiro atoms. The number of amides is 2. The fourth-order valence-corrected chi connectivity index (χ4v) is 7.41. The predicted molar refractivity (Wildman–Crippen MR) is 180 cm³/mol. The molecule has 0 radical (unpaired) electrons. The summed E-state index contributed by atoms with van der Waals surface area (Å²) < 4.78 is 35.1. The van der Waals surface area contributed by atoms with Gasteiger partial charge in [-0.05, 0) is 60.7 Å². The molecule has 0 unspecified atom stereocenters. The van der Waals surface area contributed by atoms with Crippen molar-refractivity contribution in [2.45, 2.75) is 62.6 Å². The zero-order chi connectivity index (χ0) is 32.5. The Balaban J connectivity index is 1.59. The van der Waals surface area contributed by atoms with Crippen molar-refractivity contribution in [2.24, 2.45) is 0 Å². The molecule has 1 aliphatic rings. The summed E-state index contributed by atoms with van der Waals surface area (Å²) in [6.07, 6.45) is 4.16. The summed E-state index contributed by atoms with van der Waals surface area (Å²) >= 11 is 0. The molecule has 4 aromatic carbocycles. The Morgan fingerprint density at radius 1 is 0.848 bits per heavy atom. The zero-order valence-electron chi connectivity index (χ0n) is 26.3. The Bertz CT molecular complexity index is 1720. The molecule has 0 heterocycles. The van der Waals surface area contributed by atoms with E-state index in [1.54, 1.807) is 47.4 Å². The van der Waals surface area contributed by atoms with Gasteiger partial charge in [0.05, 0.1) is 17.7 Å². The number of carbonyl (C=O) groups is 2. The molecule has 8 nitrogen and oxygen atoms in total. The minimum absolute atomic E-state index is 0.0407. The number of carbonyl (C=O) groups excluding carboxylic acids is 2. The van der Waals surface area contributed by atoms with Gasteiger partial charge in [-0.2, -0.15) is 0 Å². The van der Waals surface area contributed by atoms with Crippen LogP contribution in [0.4, 0.5) is 5.69 Å². The molecule has 5 rings (SSSR count). The van der Waals surface area contributed by atoms with Gasteiger partial charge >= 0.3 is 0 Å². The highest BCUT2D eigenvalue weighted by molar-refractivity contribution is 7.92. The van der Waals surface area contributed by atoms with Gasteiger partial charge in [-0.1, -0.05) is 97.8 Å². The van der Waals surface area contributed by atoms with Gasteiger partial charge in [0.2, 0.25) is 11.8 Å². The number of para-hydroxylation sites is 2. The molecule has 1 saturated carbocycles. The third-order valence-electron chi connectivity index (χ3n) is 8.54. The average Bonchev–Trinajstić information content (AvgIpc) is 3.59. The van der Waals surface area contributed by atoms with Crippen LogP contribution in [0.25, 0.3) is 0 Å². The van der Waals surface area contributed by atoms with Crippen molar-refractivity contribution in [1.82, 2.24) is 10.2 Å². The first-order chi connectivity index (χ1) is 22.3. The second-order valence-electron chi connectivity index (χ2n) is 11.6. The minimum Gasteiger partial charge on any atom is -0.495 e. The van der Waals surface area contributed by atoms with Crippen LogP contribution in [0.1, 0.15) is 42.4 Å². The minimum atomic E-state index is -4.21. The highest BCUT2D eigenvalue weighted by atomic mass is 32.2. The maximum Gasteiger partial charge on any atom is 0.264 e. The number of sulfonamides is 1. The summed E-state index contributed by atoms with van der Waals surface area (Å²) in [5, 5.41) is 3.21. The number of rotatable bonds is 13. The zero-order valence-corrected chi connectivity index (χ0v) is 27.2. The lowest BCUT2D eigenvalue weighted by Crippen LogP contribution is -2.54. The number of anilines is 1. The third kappa shape index (κ3) is 7.77. The van der Waals surface area contributed by atoms with Gasteiger partial charge in [0.25, 0.3) is 10.0 Å². The molecule has 9 heteroatoms. The maximum atomic E-state index is 14.7. The van der Waals surface area contributed by atoms with Crippen LogP contribution in [0.3, 0.4) is 0 Å². The van der Waals surface area contributed by atoms with Gasteiger partial charge in [0, 0.05) is 19.0 Å². The Morgan fingerprint density at radius 3 is 2.13 bits per heavy atom. The SMILES string of the molecule is COc1ccccc1N(CC(=O)N(Cc1ccccc1C)[C@H](Cc1ccccc1)C(=O)NC1CCCC1)S(=O)(=O)c1ccccc1. The van der Waals surface area contributed by atoms with Crippen LogP contribution in [-0.4, -0.2) is 50.9 Å². The van der Waals surface area contributed by atoms with E-state index in [9.17, 15) is 18.0 Å². The number of ether oxygens (including phenoxy) is 1. The van der Waals surface area contributed by atoms with E-state index in [0.717, 1.165) is 46.7 Å². The smallest absolute Gasteiger partial charge is 0.264 e. The second-order valence-corrected chi connectivity index (χ2v) is 13.5. The summed E-state index contributed by atoms with van der Waals surface area (Å²) in [4.78, 5) is 30.4. The number of aryl methyl sites for hydroxylation is 1. The van der Waals surface area contributed by atoms with E-state index in [4.69, 9.17) is 4.74 Å². The Morgan fingerprint density at radius 2 is 1.46 bits per heavy atom. The maximum absolute atomic E-state index is 14.7. The lowest BCUT2D eigenvalue weighted by atomic mass is 10.0. The normalized spacial score (nSPS) is 14.0. The van der Waals surface area contributed by atoms with Crippen LogP contribution in [-0.2, 0) is 32.6 Å². The monoisotopic (exact) mass is 639 g/mol. The fraction of sp³-hybridized carbons (Fsp3) is 0.297. The van der Waals surface area contributed by atoms with Crippen molar-refractivity contribution in [3.63, 3.8) is 0 Å². The molecule has 2 amide bonds. The molecule has 0 bridgehead atoms. The van der Waals surface area contributed by atoms with E-state index in [1.165, 1.54) is 19.2 Å². The number of methoxy groups -OCH3 is 1. The first-order valence-electron chi connectivity index (χ1n) is 15.7. The molecule has 46 heavy (non-hydrogen) atoms. The number of nitrogens with zero attached hydrogens (tertiary/aromatic N) is 2. The van der Waals surface area contributed by atoms with Gasteiger partial charge in [-0.15, -0.1) is 0 Å². The lowest BCUT2D eigenvalue weighted by Gasteiger charge is -2.35. The molecular weight excluding hydrogens is 598 g/mol. The molecular formula is C37H41N3O5S. The van der Waals surface area contributed by atoms with Crippen LogP contribution < -0.4 is 14.4 Å². The van der Waals surface area contributed by atoms with Gasteiger partial charge in [0.1, 0.15) is 18.3 Å². The van der Waals surface area contributed by atoms with Crippen molar-refractivity contribution in [2.75, 3.05) is 18.0 Å². The largest absolute Gasteiger partial charge is 0.495 e. The van der Waals surface area contributed by atoms with Crippen LogP contribution in [0.15, 0.2) is 114 Å². The second kappa shape index (κ2) is 15.1. The van der Waals surface area contributed by atoms with Crippen LogP contribution >= 0.6 is 0 Å². The van der Waals surface area contributed by atoms with Crippen LogP contribution in [0.5, 0.6) is 5.75 Å². The number of hydrogen-bond donors (Lipinski definition) is 1. The number of nitrogens with one attached hydrogen (secondary N) is 1. The van der Waals surface area contributed by atoms with Crippen molar-refractivity contribution in [3.8, 4) is 5.75 Å². The molecule has 1 atom stereocenters. The lowest BCUT2D eigenvalue weighted by molar-refractivity contribution is -0.140. The standard InChI is InChI=1S/C37H41N3O5S/c1-28-15-9-10-18-30(28)26-39(34(25-29-16-5-3-6-17-29)37(42)38-31-19-11-12-20-31)36(41)27-40(33-23-13-14-24-35(33)45-2)46(43,44)32-21-7-4-8-22-32/h3-10,13-18,21-24,31,34H,11-12,19-20,25-27H2,1-2H3,(H,38,42)/t34-/m1/s1. The van der Waals surface area contributed by atoms with Crippen molar-refractivity contribution < 1.29 is 22.7 Å². The summed E-state index contributed by atoms with van der Waals surface area (Å²) in [6.45, 7) is 1.56. The third-order valence-corrected chi connectivity index (χ3v) is 10.3. The highest BCUT2D eigenvalue weighted by Gasteiger charge is 2.36. The van der Waals surface area contributed by atoms with E-state index in [0.29, 0.717) is 5.75 Å². The quantitative estimate of drug-likeness (QED) is 0.197. The van der Waals surface area contributed by atoms with E-state index in [-0.39, 0.29) is 35.5 Å². The van der Waals surface area contributed by atoms with Gasteiger partial charge in [-0.25, -0.2) is 8.42 Å². The Kier molecular flexibility index (Phi) is 10.8. The molecule has 0 saturated heterocycles. The van der Waals surface area contributed by atoms with Crippen molar-refractivity contribution in [3.05, 3.63) is 126 Å². The van der Waals surface area contributed by atoms with Gasteiger partial charge < -0.3 is 15.0 Å². The highest BCUT2D eigenvalue weighted by Crippen LogP contribution is 2.33. The summed E-state index contributed by atoms with van der Waals surface area (Å²) in [6, 6.07) is 31.2. The first kappa shape index (κ1) is 32.8. The summed E-state index contributed by atoms with van der Waals surface area (Å²) in [5.74, 6) is -0.441. The average molecular weight is 640 g/mol. The molecule has 1 N–H and O–H groups in total. The van der Waals surface area contributed by atoms with Crippen LogP contribution in [0, 0.1) is 6.92 Å². The van der Waals surface area contributed by atoms with E-state index in [2.05, 4.69) is 5.32 Å². The Hall–Kier alpha value is -4.63. The molecule has 240 valence electrons. The Labute approximate surface area is 272 Å². The van der Waals surface area contributed by atoms with Crippen molar-refractivity contribution >= 4 is 27.5 Å². The fourth-order valence-electron chi connectivity index (χ4n) is 5.96. The molecule has 4 aromatic rings. The molecule has 1 aliphatic carbocycles. The van der Waals surface area contributed by atoms with E-state index < -0.39 is 28.5 Å². The van der Waals surface area contributed by atoms with Gasteiger partial charge in [0.15, 0.2) is 0 Å². The molecule has 0 aromatic heterocycles. The molecule has 1 fully saturated rings. The van der Waals surface area contributed by atoms with Gasteiger partial charge in [-0.3, -0.25) is 13.9 Å². The summed E-state index contributed by atoms with van der Waals surface area (Å²) in [5.41, 5.74) is 2.97. The van der Waals surface area contributed by atoms with E-state index in [1.807, 2.05) is 61.5 Å². The van der Waals surface area contributed by atoms with E-state index >= 15 is 0 Å². The molecule has 0 aliphatic heterocycles. The first-order valence-corrected chi connectivity index (χ1v) is 17.1. The van der Waals surface area contributed by atoms with Crippen molar-refractivity contribution in [1.29, 1.82) is 0 Å². The summed E-state index contributed by atoms with van der Waals surface area (Å²) in [7, 11) is -2.75. The predicted octanol–water partition coefficient (Wildman–Crippen LogP) is 5.90. The number of hydrogen-bond acceptors (Lipinski definition) is 5. The van der Waals surface area contributed by atoms with Crippen LogP contribution in [0.2, 0.25) is 0 Å². The number of benzene rings is 4. The topological polar surface area (TPSA) is 96.0 Å².